The Morgan fingerprint density at radius 2 is 1.85 bits per heavy atom. The lowest BCUT2D eigenvalue weighted by molar-refractivity contribution is 0.0964. The molecule has 4 rings (SSSR count). The van der Waals surface area contributed by atoms with Gasteiger partial charge in [-0.25, -0.2) is 0 Å². The van der Waals surface area contributed by atoms with E-state index in [4.69, 9.17) is 4.42 Å². The number of benzene rings is 2. The Labute approximate surface area is 158 Å². The molecule has 2 aromatic carbocycles. The van der Waals surface area contributed by atoms with Gasteiger partial charge in [-0.2, -0.15) is 0 Å². The zero-order valence-corrected chi connectivity index (χ0v) is 15.5. The van der Waals surface area contributed by atoms with Crippen molar-refractivity contribution in [3.8, 4) is 17.1 Å². The number of fused-ring (bicyclic) bond motifs is 1. The average molecular weight is 364 g/mol. The fourth-order valence-corrected chi connectivity index (χ4v) is 3.88. The van der Waals surface area contributed by atoms with Crippen molar-refractivity contribution in [2.45, 2.75) is 25.8 Å². The summed E-state index contributed by atoms with van der Waals surface area (Å²) in [6.45, 7) is 2.63. The first kappa shape index (κ1) is 17.6. The molecule has 27 heavy (non-hydrogen) atoms. The van der Waals surface area contributed by atoms with Gasteiger partial charge < -0.3 is 14.8 Å². The second kappa shape index (κ2) is 7.45. The summed E-state index contributed by atoms with van der Waals surface area (Å²) in [5.41, 5.74) is 2.72. The van der Waals surface area contributed by atoms with Crippen molar-refractivity contribution < 1.29 is 14.3 Å². The molecule has 0 atom stereocenters. The molecule has 5 nitrogen and oxygen atoms in total. The molecular formula is C22H24N2O3. The highest BCUT2D eigenvalue weighted by Gasteiger charge is 2.26. The van der Waals surface area contributed by atoms with Crippen LogP contribution in [0.15, 0.2) is 46.9 Å². The van der Waals surface area contributed by atoms with E-state index in [2.05, 4.69) is 10.2 Å². The molecule has 0 unspecified atom stereocenters. The molecule has 2 heterocycles. The van der Waals surface area contributed by atoms with Gasteiger partial charge in [0.25, 0.3) is 5.91 Å². The van der Waals surface area contributed by atoms with E-state index in [0.717, 1.165) is 24.2 Å². The van der Waals surface area contributed by atoms with Crippen molar-refractivity contribution in [3.63, 3.8) is 0 Å². The number of phenols is 1. The molecule has 0 aliphatic carbocycles. The van der Waals surface area contributed by atoms with Gasteiger partial charge in [-0.15, -0.1) is 0 Å². The van der Waals surface area contributed by atoms with E-state index in [-0.39, 0.29) is 11.7 Å². The molecule has 140 valence electrons. The number of aromatic hydroxyl groups is 1. The number of amides is 1. The highest BCUT2D eigenvalue weighted by Crippen LogP contribution is 2.39. The van der Waals surface area contributed by atoms with Gasteiger partial charge in [-0.05, 0) is 38.1 Å². The maximum atomic E-state index is 12.8. The number of nitrogens with zero attached hydrogens (tertiary/aromatic N) is 1. The highest BCUT2D eigenvalue weighted by molar-refractivity contribution is 6.12. The van der Waals surface area contributed by atoms with Crippen molar-refractivity contribution in [2.24, 2.45) is 0 Å². The number of carbonyl (C=O) groups excluding carboxylic acids is 1. The van der Waals surface area contributed by atoms with Gasteiger partial charge in [0.05, 0.1) is 5.56 Å². The van der Waals surface area contributed by atoms with E-state index in [1.165, 1.54) is 19.3 Å². The molecule has 1 saturated heterocycles. The quantitative estimate of drug-likeness (QED) is 0.730. The van der Waals surface area contributed by atoms with Crippen molar-refractivity contribution in [1.29, 1.82) is 0 Å². The van der Waals surface area contributed by atoms with E-state index >= 15 is 0 Å². The first-order valence-electron chi connectivity index (χ1n) is 9.46. The Hall–Kier alpha value is -2.79. The fraction of sp³-hybridized carbons (Fsp3) is 0.318. The SMILES string of the molecule is CNC(=O)c1c(-c2ccccc2)oc2ccc(O)c(CN3CCCCC3)c12. The molecule has 1 aromatic heterocycles. The standard InChI is InChI=1S/C22H24N2O3/c1-23-22(26)20-19-16(14-24-12-6-3-7-13-24)17(25)10-11-18(19)27-21(20)15-8-4-2-5-9-15/h2,4-5,8-11,25H,3,6-7,12-14H2,1H3,(H,23,26). The molecule has 2 N–H and O–H groups in total. The zero-order chi connectivity index (χ0) is 18.8. The third-order valence-corrected chi connectivity index (χ3v) is 5.26. The van der Waals surface area contributed by atoms with Crippen LogP contribution in [0.5, 0.6) is 5.75 Å². The minimum atomic E-state index is -0.210. The Morgan fingerprint density at radius 3 is 2.56 bits per heavy atom. The minimum Gasteiger partial charge on any atom is -0.508 e. The van der Waals surface area contributed by atoms with Crippen LogP contribution in [0.2, 0.25) is 0 Å². The molecule has 3 aromatic rings. The molecule has 0 radical (unpaired) electrons. The zero-order valence-electron chi connectivity index (χ0n) is 15.5. The number of likely N-dealkylation sites (tertiary alicyclic amines) is 1. The number of phenolic OH excluding ortho intramolecular Hbond substituents is 1. The highest BCUT2D eigenvalue weighted by atomic mass is 16.3. The third kappa shape index (κ3) is 3.30. The summed E-state index contributed by atoms with van der Waals surface area (Å²) >= 11 is 0. The van der Waals surface area contributed by atoms with Crippen molar-refractivity contribution in [2.75, 3.05) is 20.1 Å². The molecule has 0 bridgehead atoms. The summed E-state index contributed by atoms with van der Waals surface area (Å²) in [6, 6.07) is 13.0. The van der Waals surface area contributed by atoms with E-state index in [0.29, 0.717) is 28.8 Å². The van der Waals surface area contributed by atoms with Gasteiger partial charge in [0.15, 0.2) is 0 Å². The van der Waals surface area contributed by atoms with Gasteiger partial charge >= 0.3 is 0 Å². The maximum absolute atomic E-state index is 12.8. The Balaban J connectivity index is 1.91. The van der Waals surface area contributed by atoms with Crippen LogP contribution in [-0.4, -0.2) is 36.1 Å². The van der Waals surface area contributed by atoms with Gasteiger partial charge in [0.1, 0.15) is 17.1 Å². The summed E-state index contributed by atoms with van der Waals surface area (Å²) in [4.78, 5) is 15.1. The Morgan fingerprint density at radius 1 is 1.11 bits per heavy atom. The van der Waals surface area contributed by atoms with E-state index < -0.39 is 0 Å². The lowest BCUT2D eigenvalue weighted by Gasteiger charge is -2.27. The first-order chi connectivity index (χ1) is 13.2. The largest absolute Gasteiger partial charge is 0.508 e. The summed E-state index contributed by atoms with van der Waals surface area (Å²) in [7, 11) is 1.61. The van der Waals surface area contributed by atoms with Crippen LogP contribution in [-0.2, 0) is 6.54 Å². The summed E-state index contributed by atoms with van der Waals surface area (Å²) in [5.74, 6) is 0.534. The molecular weight excluding hydrogens is 340 g/mol. The normalized spacial score (nSPS) is 15.1. The second-order valence-corrected chi connectivity index (χ2v) is 7.02. The second-order valence-electron chi connectivity index (χ2n) is 7.02. The number of rotatable bonds is 4. The van der Waals surface area contributed by atoms with E-state index in [1.807, 2.05) is 30.3 Å². The molecule has 0 saturated carbocycles. The number of carbonyl (C=O) groups is 1. The number of nitrogens with one attached hydrogen (secondary N) is 1. The van der Waals surface area contributed by atoms with Gasteiger partial charge in [-0.1, -0.05) is 36.8 Å². The average Bonchev–Trinajstić information content (AvgIpc) is 3.11. The topological polar surface area (TPSA) is 65.7 Å². The van der Waals surface area contributed by atoms with Crippen molar-refractivity contribution in [3.05, 3.63) is 53.6 Å². The smallest absolute Gasteiger partial charge is 0.255 e. The lowest BCUT2D eigenvalue weighted by atomic mass is 9.99. The predicted octanol–water partition coefficient (Wildman–Crippen LogP) is 4.15. The molecule has 1 fully saturated rings. The molecule has 5 heteroatoms. The van der Waals surface area contributed by atoms with Crippen LogP contribution >= 0.6 is 0 Å². The van der Waals surface area contributed by atoms with Crippen LogP contribution in [0.25, 0.3) is 22.3 Å². The first-order valence-corrected chi connectivity index (χ1v) is 9.46. The monoisotopic (exact) mass is 364 g/mol. The number of hydrogen-bond donors (Lipinski definition) is 2. The third-order valence-electron chi connectivity index (χ3n) is 5.26. The van der Waals surface area contributed by atoms with Crippen LogP contribution in [0, 0.1) is 0 Å². The summed E-state index contributed by atoms with van der Waals surface area (Å²) in [6.07, 6.45) is 3.58. The molecule has 1 aliphatic rings. The lowest BCUT2D eigenvalue weighted by Crippen LogP contribution is -2.29. The van der Waals surface area contributed by atoms with Crippen LogP contribution in [0.4, 0.5) is 0 Å². The van der Waals surface area contributed by atoms with Crippen molar-refractivity contribution >= 4 is 16.9 Å². The molecule has 1 amide bonds. The Bertz CT molecular complexity index is 957. The van der Waals surface area contributed by atoms with Crippen LogP contribution in [0.1, 0.15) is 35.2 Å². The van der Waals surface area contributed by atoms with Crippen LogP contribution < -0.4 is 5.32 Å². The molecule has 0 spiro atoms. The summed E-state index contributed by atoms with van der Waals surface area (Å²) < 4.78 is 6.10. The number of hydrogen-bond acceptors (Lipinski definition) is 4. The van der Waals surface area contributed by atoms with Crippen molar-refractivity contribution in [1.82, 2.24) is 10.2 Å². The van der Waals surface area contributed by atoms with E-state index in [9.17, 15) is 9.90 Å². The van der Waals surface area contributed by atoms with Crippen LogP contribution in [0.3, 0.4) is 0 Å². The fourth-order valence-electron chi connectivity index (χ4n) is 3.88. The number of piperidine rings is 1. The molecule has 1 aliphatic heterocycles. The Kier molecular flexibility index (Phi) is 4.86. The van der Waals surface area contributed by atoms with Gasteiger partial charge in [0, 0.05) is 30.1 Å². The van der Waals surface area contributed by atoms with Gasteiger partial charge in [0.2, 0.25) is 0 Å². The van der Waals surface area contributed by atoms with E-state index in [1.54, 1.807) is 19.2 Å². The minimum absolute atomic E-state index is 0.207. The summed E-state index contributed by atoms with van der Waals surface area (Å²) in [5, 5.41) is 14.0. The predicted molar refractivity (Wildman–Crippen MR) is 106 cm³/mol. The number of furan rings is 1. The van der Waals surface area contributed by atoms with Gasteiger partial charge in [-0.3, -0.25) is 9.69 Å². The maximum Gasteiger partial charge on any atom is 0.255 e.